The normalized spacial score (nSPS) is 17.0. The van der Waals surface area contributed by atoms with Crippen LogP contribution in [0.4, 0.5) is 0 Å². The lowest BCUT2D eigenvalue weighted by Gasteiger charge is -2.29. The molecule has 1 aromatic heterocycles. The van der Waals surface area contributed by atoms with Gasteiger partial charge in [-0.2, -0.15) is 0 Å². The number of nitrogens with one attached hydrogen (secondary N) is 1. The zero-order valence-corrected chi connectivity index (χ0v) is 11.3. The van der Waals surface area contributed by atoms with E-state index in [1.165, 1.54) is 17.5 Å². The minimum atomic E-state index is 0.606. The first kappa shape index (κ1) is 12.4. The first-order valence-corrected chi connectivity index (χ1v) is 7.04. The summed E-state index contributed by atoms with van der Waals surface area (Å²) in [5, 5.41) is 11.8. The van der Waals surface area contributed by atoms with Crippen molar-refractivity contribution in [3.05, 3.63) is 47.3 Å². The van der Waals surface area contributed by atoms with Crippen LogP contribution in [0.25, 0.3) is 0 Å². The second-order valence-electron chi connectivity index (χ2n) is 5.21. The van der Waals surface area contributed by atoms with Crippen molar-refractivity contribution in [1.29, 1.82) is 0 Å². The Bertz CT molecular complexity index is 547. The number of aromatic nitrogens is 3. The van der Waals surface area contributed by atoms with Crippen molar-refractivity contribution in [2.75, 3.05) is 6.54 Å². The summed E-state index contributed by atoms with van der Waals surface area (Å²) in [4.78, 5) is 0. The predicted octanol–water partition coefficient (Wildman–Crippen LogP) is 2.12. The summed E-state index contributed by atoms with van der Waals surface area (Å²) in [6.45, 7) is 4.95. The topological polar surface area (TPSA) is 42.7 Å². The standard InChI is InChI=1S/C15H20N4/c1-2-7-16-9-14-11-19(18-17-14)10-13-8-12-5-3-4-6-15(12)13/h3-6,11,13,16H,2,7-10H2,1H3. The van der Waals surface area contributed by atoms with Gasteiger partial charge in [-0.1, -0.05) is 36.4 Å². The summed E-state index contributed by atoms with van der Waals surface area (Å²) < 4.78 is 1.98. The van der Waals surface area contributed by atoms with E-state index in [9.17, 15) is 0 Å². The van der Waals surface area contributed by atoms with E-state index in [1.807, 2.05) is 4.68 Å². The molecule has 1 aliphatic rings. The van der Waals surface area contributed by atoms with Crippen LogP contribution in [0.3, 0.4) is 0 Å². The highest BCUT2D eigenvalue weighted by atomic mass is 15.4. The molecular formula is C15H20N4. The average Bonchev–Trinajstić information content (AvgIpc) is 2.84. The van der Waals surface area contributed by atoms with E-state index < -0.39 is 0 Å². The van der Waals surface area contributed by atoms with Gasteiger partial charge in [0.1, 0.15) is 0 Å². The highest BCUT2D eigenvalue weighted by Gasteiger charge is 2.25. The van der Waals surface area contributed by atoms with Gasteiger partial charge in [0.05, 0.1) is 5.69 Å². The van der Waals surface area contributed by atoms with Crippen LogP contribution in [0, 0.1) is 0 Å². The molecule has 1 aromatic carbocycles. The second kappa shape index (κ2) is 5.53. The predicted molar refractivity (Wildman–Crippen MR) is 74.9 cm³/mol. The quantitative estimate of drug-likeness (QED) is 0.805. The molecule has 2 aromatic rings. The lowest BCUT2D eigenvalue weighted by Crippen LogP contribution is -2.22. The molecule has 0 amide bonds. The van der Waals surface area contributed by atoms with Gasteiger partial charge in [0.2, 0.25) is 0 Å². The van der Waals surface area contributed by atoms with Crippen LogP contribution in [0.5, 0.6) is 0 Å². The summed E-state index contributed by atoms with van der Waals surface area (Å²) in [7, 11) is 0. The number of hydrogen-bond donors (Lipinski definition) is 1. The van der Waals surface area contributed by atoms with Crippen LogP contribution in [0.1, 0.15) is 36.1 Å². The molecule has 1 aliphatic carbocycles. The van der Waals surface area contributed by atoms with Crippen LogP contribution in [0.2, 0.25) is 0 Å². The Morgan fingerprint density at radius 1 is 1.37 bits per heavy atom. The fourth-order valence-corrected chi connectivity index (χ4v) is 2.65. The van der Waals surface area contributed by atoms with Crippen LogP contribution >= 0.6 is 0 Å². The van der Waals surface area contributed by atoms with Crippen molar-refractivity contribution in [2.45, 2.75) is 38.8 Å². The fraction of sp³-hybridized carbons (Fsp3) is 0.467. The third-order valence-corrected chi connectivity index (χ3v) is 3.69. The zero-order chi connectivity index (χ0) is 13.1. The van der Waals surface area contributed by atoms with Gasteiger partial charge in [-0.25, -0.2) is 0 Å². The van der Waals surface area contributed by atoms with Crippen molar-refractivity contribution >= 4 is 0 Å². The average molecular weight is 256 g/mol. The fourth-order valence-electron chi connectivity index (χ4n) is 2.65. The third kappa shape index (κ3) is 2.68. The molecule has 0 radical (unpaired) electrons. The Morgan fingerprint density at radius 3 is 3.11 bits per heavy atom. The van der Waals surface area contributed by atoms with Gasteiger partial charge in [-0.3, -0.25) is 4.68 Å². The molecule has 0 saturated carbocycles. The number of nitrogens with zero attached hydrogens (tertiary/aromatic N) is 3. The molecule has 100 valence electrons. The Balaban J connectivity index is 1.57. The maximum Gasteiger partial charge on any atom is 0.0964 e. The molecule has 0 saturated heterocycles. The van der Waals surface area contributed by atoms with E-state index in [4.69, 9.17) is 0 Å². The number of hydrogen-bond acceptors (Lipinski definition) is 3. The summed E-state index contributed by atoms with van der Waals surface area (Å²) in [6, 6.07) is 8.67. The van der Waals surface area contributed by atoms with Crippen LogP contribution < -0.4 is 5.32 Å². The molecule has 1 N–H and O–H groups in total. The van der Waals surface area contributed by atoms with E-state index in [2.05, 4.69) is 53.0 Å². The molecule has 1 atom stereocenters. The van der Waals surface area contributed by atoms with E-state index in [1.54, 1.807) is 0 Å². The highest BCUT2D eigenvalue weighted by molar-refractivity contribution is 5.39. The molecule has 1 unspecified atom stereocenters. The van der Waals surface area contributed by atoms with E-state index >= 15 is 0 Å². The lowest BCUT2D eigenvalue weighted by molar-refractivity contribution is 0.465. The Kier molecular flexibility index (Phi) is 3.60. The zero-order valence-electron chi connectivity index (χ0n) is 11.3. The molecule has 3 rings (SSSR count). The highest BCUT2D eigenvalue weighted by Crippen LogP contribution is 2.35. The van der Waals surface area contributed by atoms with E-state index in [-0.39, 0.29) is 0 Å². The van der Waals surface area contributed by atoms with Crippen molar-refractivity contribution in [1.82, 2.24) is 20.3 Å². The minimum absolute atomic E-state index is 0.606. The lowest BCUT2D eigenvalue weighted by atomic mass is 9.78. The number of fused-ring (bicyclic) bond motifs is 1. The van der Waals surface area contributed by atoms with Gasteiger partial charge in [0, 0.05) is 25.2 Å². The molecule has 4 heteroatoms. The smallest absolute Gasteiger partial charge is 0.0964 e. The Morgan fingerprint density at radius 2 is 2.26 bits per heavy atom. The van der Waals surface area contributed by atoms with Gasteiger partial charge in [-0.15, -0.1) is 5.10 Å². The van der Waals surface area contributed by atoms with Gasteiger partial charge >= 0.3 is 0 Å². The number of benzene rings is 1. The molecule has 0 bridgehead atoms. The largest absolute Gasteiger partial charge is 0.311 e. The van der Waals surface area contributed by atoms with Crippen molar-refractivity contribution in [3.8, 4) is 0 Å². The molecule has 0 spiro atoms. The third-order valence-electron chi connectivity index (χ3n) is 3.69. The van der Waals surface area contributed by atoms with Crippen molar-refractivity contribution < 1.29 is 0 Å². The maximum absolute atomic E-state index is 4.22. The van der Waals surface area contributed by atoms with E-state index in [0.29, 0.717) is 5.92 Å². The van der Waals surface area contributed by atoms with Crippen LogP contribution in [-0.2, 0) is 19.5 Å². The van der Waals surface area contributed by atoms with Gasteiger partial charge in [0.25, 0.3) is 0 Å². The minimum Gasteiger partial charge on any atom is -0.311 e. The molecule has 1 heterocycles. The summed E-state index contributed by atoms with van der Waals surface area (Å²) in [6.07, 6.45) is 4.37. The van der Waals surface area contributed by atoms with Gasteiger partial charge in [-0.05, 0) is 30.5 Å². The SMILES string of the molecule is CCCNCc1cn(CC2Cc3ccccc32)nn1. The van der Waals surface area contributed by atoms with E-state index in [0.717, 1.165) is 31.7 Å². The molecule has 4 nitrogen and oxygen atoms in total. The molecule has 0 aliphatic heterocycles. The molecular weight excluding hydrogens is 236 g/mol. The summed E-state index contributed by atoms with van der Waals surface area (Å²) in [5.74, 6) is 0.606. The van der Waals surface area contributed by atoms with Crippen molar-refractivity contribution in [2.24, 2.45) is 0 Å². The first-order valence-electron chi connectivity index (χ1n) is 7.04. The van der Waals surface area contributed by atoms with Crippen LogP contribution in [-0.4, -0.2) is 21.5 Å². The molecule has 19 heavy (non-hydrogen) atoms. The van der Waals surface area contributed by atoms with Crippen molar-refractivity contribution in [3.63, 3.8) is 0 Å². The monoisotopic (exact) mass is 256 g/mol. The molecule has 0 fully saturated rings. The Labute approximate surface area is 113 Å². The number of rotatable bonds is 6. The maximum atomic E-state index is 4.22. The second-order valence-corrected chi connectivity index (χ2v) is 5.21. The summed E-state index contributed by atoms with van der Waals surface area (Å²) in [5.41, 5.74) is 3.99. The Hall–Kier alpha value is -1.68. The van der Waals surface area contributed by atoms with Gasteiger partial charge < -0.3 is 5.32 Å². The van der Waals surface area contributed by atoms with Crippen LogP contribution in [0.15, 0.2) is 30.5 Å². The first-order chi connectivity index (χ1) is 9.36. The summed E-state index contributed by atoms with van der Waals surface area (Å²) >= 11 is 0. The van der Waals surface area contributed by atoms with Gasteiger partial charge in [0.15, 0.2) is 0 Å².